The molecule has 0 aromatic heterocycles. The molecule has 0 rings (SSSR count). The first-order chi connectivity index (χ1) is 4.76. The van der Waals surface area contributed by atoms with Gasteiger partial charge in [0.25, 0.3) is 0 Å². The molecule has 10 heavy (non-hydrogen) atoms. The van der Waals surface area contributed by atoms with Crippen molar-refractivity contribution in [1.29, 1.82) is 0 Å². The molecule has 0 aliphatic heterocycles. The Morgan fingerprint density at radius 1 is 1.60 bits per heavy atom. The Labute approximate surface area is 67.2 Å². The highest BCUT2D eigenvalue weighted by atomic mass is 35.5. The minimum Gasteiger partial charge on any atom is -0.329 e. The van der Waals surface area contributed by atoms with Gasteiger partial charge in [0.1, 0.15) is 5.50 Å². The Kier molecular flexibility index (Phi) is 5.40. The zero-order chi connectivity index (χ0) is 7.98. The Balaban J connectivity index is 3.67. The number of amides is 1. The molecule has 0 N–H and O–H groups in total. The van der Waals surface area contributed by atoms with Crippen molar-refractivity contribution >= 4 is 18.0 Å². The van der Waals surface area contributed by atoms with Crippen LogP contribution < -0.4 is 0 Å². The third-order valence-electron chi connectivity index (χ3n) is 1.31. The van der Waals surface area contributed by atoms with Crippen LogP contribution in [0.1, 0.15) is 26.7 Å². The minimum absolute atomic E-state index is 0.127. The van der Waals surface area contributed by atoms with Gasteiger partial charge in [-0.3, -0.25) is 4.79 Å². The predicted octanol–water partition coefficient (Wildman–Crippen LogP) is 1.83. The Bertz CT molecular complexity index is 97.6. The summed E-state index contributed by atoms with van der Waals surface area (Å²) in [5.41, 5.74) is -0.127. The summed E-state index contributed by atoms with van der Waals surface area (Å²) in [6.45, 7) is 4.74. The van der Waals surface area contributed by atoms with Gasteiger partial charge in [-0.15, -0.1) is 0 Å². The first-order valence-corrected chi connectivity index (χ1v) is 4.05. The second-order valence-corrected chi connectivity index (χ2v) is 2.69. The minimum atomic E-state index is -0.127. The maximum Gasteiger partial charge on any atom is 0.210 e. The van der Waals surface area contributed by atoms with Gasteiger partial charge >= 0.3 is 0 Å². The van der Waals surface area contributed by atoms with Gasteiger partial charge in [-0.05, 0) is 12.8 Å². The van der Waals surface area contributed by atoms with Gasteiger partial charge in [0, 0.05) is 6.54 Å². The van der Waals surface area contributed by atoms with E-state index in [0.717, 1.165) is 25.8 Å². The second-order valence-electron chi connectivity index (χ2n) is 2.19. The molecule has 0 spiro atoms. The van der Waals surface area contributed by atoms with E-state index in [1.165, 1.54) is 0 Å². The van der Waals surface area contributed by atoms with Gasteiger partial charge in [-0.25, -0.2) is 0 Å². The molecule has 1 unspecified atom stereocenters. The number of hydrogen-bond donors (Lipinski definition) is 0. The third kappa shape index (κ3) is 3.06. The molecule has 0 saturated carbocycles. The lowest BCUT2D eigenvalue weighted by Gasteiger charge is -2.20. The summed E-state index contributed by atoms with van der Waals surface area (Å²) in [7, 11) is 0. The van der Waals surface area contributed by atoms with Crippen LogP contribution in [0, 0.1) is 0 Å². The molecule has 0 aromatic rings. The van der Waals surface area contributed by atoms with E-state index < -0.39 is 0 Å². The van der Waals surface area contributed by atoms with Crippen LogP contribution in [-0.2, 0) is 4.79 Å². The molecule has 0 aliphatic carbocycles. The molecule has 0 fully saturated rings. The number of carbonyl (C=O) groups excluding carboxylic acids is 1. The molecule has 1 amide bonds. The summed E-state index contributed by atoms with van der Waals surface area (Å²) >= 11 is 5.80. The van der Waals surface area contributed by atoms with E-state index in [2.05, 4.69) is 0 Å². The van der Waals surface area contributed by atoms with Gasteiger partial charge in [0.15, 0.2) is 0 Å². The SMILES string of the molecule is CCCN(C=O)C(Cl)CC. The summed E-state index contributed by atoms with van der Waals surface area (Å²) in [5.74, 6) is 0. The largest absolute Gasteiger partial charge is 0.329 e. The summed E-state index contributed by atoms with van der Waals surface area (Å²) in [6, 6.07) is 0. The average molecular weight is 164 g/mol. The van der Waals surface area contributed by atoms with E-state index in [0.29, 0.717) is 0 Å². The Hall–Kier alpha value is -0.240. The molecule has 3 heteroatoms. The molecule has 0 bridgehead atoms. The zero-order valence-electron chi connectivity index (χ0n) is 6.51. The fraction of sp³-hybridized carbons (Fsp3) is 0.857. The fourth-order valence-corrected chi connectivity index (χ4v) is 0.895. The molecule has 60 valence electrons. The number of nitrogens with zero attached hydrogens (tertiary/aromatic N) is 1. The van der Waals surface area contributed by atoms with E-state index >= 15 is 0 Å². The van der Waals surface area contributed by atoms with Crippen LogP contribution in [0.15, 0.2) is 0 Å². The van der Waals surface area contributed by atoms with Crippen LogP contribution in [0.3, 0.4) is 0 Å². The predicted molar refractivity (Wildman–Crippen MR) is 43.0 cm³/mol. The number of rotatable bonds is 5. The normalized spacial score (nSPS) is 12.7. The van der Waals surface area contributed by atoms with Crippen LogP contribution in [0.2, 0.25) is 0 Å². The van der Waals surface area contributed by atoms with Crippen molar-refractivity contribution in [2.75, 3.05) is 6.54 Å². The van der Waals surface area contributed by atoms with Crippen LogP contribution in [0.5, 0.6) is 0 Å². The van der Waals surface area contributed by atoms with E-state index in [-0.39, 0.29) is 5.50 Å². The quantitative estimate of drug-likeness (QED) is 0.344. The van der Waals surface area contributed by atoms with Crippen molar-refractivity contribution in [2.24, 2.45) is 0 Å². The molecule has 1 atom stereocenters. The van der Waals surface area contributed by atoms with Gasteiger partial charge in [0.2, 0.25) is 6.41 Å². The van der Waals surface area contributed by atoms with Gasteiger partial charge in [-0.1, -0.05) is 25.4 Å². The van der Waals surface area contributed by atoms with Crippen molar-refractivity contribution in [3.63, 3.8) is 0 Å². The number of carbonyl (C=O) groups is 1. The summed E-state index contributed by atoms with van der Waals surface area (Å²) in [4.78, 5) is 11.9. The first-order valence-electron chi connectivity index (χ1n) is 3.61. The third-order valence-corrected chi connectivity index (χ3v) is 1.87. The van der Waals surface area contributed by atoms with Crippen LogP contribution in [-0.4, -0.2) is 23.4 Å². The Morgan fingerprint density at radius 3 is 2.50 bits per heavy atom. The van der Waals surface area contributed by atoms with E-state index in [1.807, 2.05) is 13.8 Å². The highest BCUT2D eigenvalue weighted by Gasteiger charge is 2.08. The van der Waals surface area contributed by atoms with E-state index in [9.17, 15) is 4.79 Å². The summed E-state index contributed by atoms with van der Waals surface area (Å²) in [5, 5.41) is 0. The molecule has 0 radical (unpaired) electrons. The summed E-state index contributed by atoms with van der Waals surface area (Å²) in [6.07, 6.45) is 2.58. The van der Waals surface area contributed by atoms with Gasteiger partial charge in [-0.2, -0.15) is 0 Å². The van der Waals surface area contributed by atoms with Gasteiger partial charge < -0.3 is 4.90 Å². The lowest BCUT2D eigenvalue weighted by molar-refractivity contribution is -0.118. The summed E-state index contributed by atoms with van der Waals surface area (Å²) < 4.78 is 0. The van der Waals surface area contributed by atoms with Crippen LogP contribution >= 0.6 is 11.6 Å². The maximum atomic E-state index is 10.3. The highest BCUT2D eigenvalue weighted by molar-refractivity contribution is 6.20. The van der Waals surface area contributed by atoms with Crippen molar-refractivity contribution in [3.8, 4) is 0 Å². The highest BCUT2D eigenvalue weighted by Crippen LogP contribution is 2.06. The number of hydrogen-bond acceptors (Lipinski definition) is 1. The fourth-order valence-electron chi connectivity index (χ4n) is 0.752. The van der Waals surface area contributed by atoms with Crippen molar-refractivity contribution < 1.29 is 4.79 Å². The molecular formula is C7H14ClNO. The molecule has 0 aliphatic rings. The Morgan fingerprint density at radius 2 is 2.20 bits per heavy atom. The molecular weight excluding hydrogens is 150 g/mol. The molecule has 2 nitrogen and oxygen atoms in total. The van der Waals surface area contributed by atoms with Crippen molar-refractivity contribution in [3.05, 3.63) is 0 Å². The van der Waals surface area contributed by atoms with Crippen LogP contribution in [0.25, 0.3) is 0 Å². The average Bonchev–Trinajstić information content (AvgIpc) is 1.99. The maximum absolute atomic E-state index is 10.3. The van der Waals surface area contributed by atoms with Gasteiger partial charge in [0.05, 0.1) is 0 Å². The van der Waals surface area contributed by atoms with Crippen LogP contribution in [0.4, 0.5) is 0 Å². The second kappa shape index (κ2) is 5.54. The first kappa shape index (κ1) is 9.76. The lowest BCUT2D eigenvalue weighted by Crippen LogP contribution is -2.29. The lowest BCUT2D eigenvalue weighted by atomic mass is 10.4. The molecule has 0 aromatic carbocycles. The monoisotopic (exact) mass is 163 g/mol. The van der Waals surface area contributed by atoms with E-state index in [4.69, 9.17) is 11.6 Å². The van der Waals surface area contributed by atoms with Crippen molar-refractivity contribution in [2.45, 2.75) is 32.2 Å². The number of alkyl halides is 1. The van der Waals surface area contributed by atoms with Crippen molar-refractivity contribution in [1.82, 2.24) is 4.90 Å². The topological polar surface area (TPSA) is 20.3 Å². The van der Waals surface area contributed by atoms with E-state index in [1.54, 1.807) is 4.90 Å². The smallest absolute Gasteiger partial charge is 0.210 e. The number of halogens is 1. The molecule has 0 saturated heterocycles. The molecule has 0 heterocycles. The zero-order valence-corrected chi connectivity index (χ0v) is 7.27. The standard InChI is InChI=1S/C7H14ClNO/c1-3-5-9(6-10)7(8)4-2/h6-7H,3-5H2,1-2H3.